The standard InChI is InChI=1S/C33H49FN4/c1-9-12-31-25(7)29(11-3)30(20-35-31)24(6)17-28-18-32(36-19-27(28)10-2)37-26(8)33(22-34)13-15-38(16-14-33)21-23(4)5/h10,17-20,23,25,31,37H,6,8-9,11-16,21-22H2,1-5,7H3/b27-10-,28-17-. The van der Waals surface area contributed by atoms with Crippen LogP contribution in [-0.4, -0.2) is 48.4 Å². The molecule has 0 aromatic carbocycles. The summed E-state index contributed by atoms with van der Waals surface area (Å²) in [6.07, 6.45) is 12.9. The number of piperidine rings is 1. The van der Waals surface area contributed by atoms with Crippen molar-refractivity contribution in [3.05, 3.63) is 58.3 Å². The second-order valence-corrected chi connectivity index (χ2v) is 11.6. The van der Waals surface area contributed by atoms with E-state index in [4.69, 9.17) is 4.99 Å². The summed E-state index contributed by atoms with van der Waals surface area (Å²) in [5.74, 6) is 1.72. The molecule has 0 aliphatic carbocycles. The second-order valence-electron chi connectivity index (χ2n) is 11.6. The smallest absolute Gasteiger partial charge is 0.130 e. The van der Waals surface area contributed by atoms with Crippen molar-refractivity contribution in [3.63, 3.8) is 0 Å². The van der Waals surface area contributed by atoms with E-state index in [2.05, 4.69) is 75.1 Å². The quantitative estimate of drug-likeness (QED) is 0.365. The summed E-state index contributed by atoms with van der Waals surface area (Å²) < 4.78 is 14.5. The van der Waals surface area contributed by atoms with Crippen molar-refractivity contribution >= 4 is 24.2 Å². The van der Waals surface area contributed by atoms with Gasteiger partial charge in [-0.2, -0.15) is 0 Å². The minimum absolute atomic E-state index is 0.355. The average Bonchev–Trinajstić information content (AvgIpc) is 2.90. The van der Waals surface area contributed by atoms with Crippen molar-refractivity contribution in [3.8, 4) is 0 Å². The van der Waals surface area contributed by atoms with Gasteiger partial charge in [0, 0.05) is 36.0 Å². The van der Waals surface area contributed by atoms with Gasteiger partial charge >= 0.3 is 0 Å². The van der Waals surface area contributed by atoms with Crippen molar-refractivity contribution in [2.45, 2.75) is 79.7 Å². The molecular weight excluding hydrogens is 471 g/mol. The molecule has 0 bridgehead atoms. The monoisotopic (exact) mass is 520 g/mol. The van der Waals surface area contributed by atoms with Gasteiger partial charge in [0.15, 0.2) is 0 Å². The molecule has 0 saturated carbocycles. The van der Waals surface area contributed by atoms with E-state index in [1.54, 1.807) is 0 Å². The summed E-state index contributed by atoms with van der Waals surface area (Å²) in [7, 11) is 0. The van der Waals surface area contributed by atoms with Gasteiger partial charge in [-0.3, -0.25) is 9.38 Å². The van der Waals surface area contributed by atoms with E-state index in [1.807, 2.05) is 25.4 Å². The normalized spacial score (nSPS) is 22.8. The Labute approximate surface area is 230 Å². The molecule has 38 heavy (non-hydrogen) atoms. The first kappa shape index (κ1) is 30.0. The van der Waals surface area contributed by atoms with Crippen LogP contribution < -0.4 is 15.8 Å². The summed E-state index contributed by atoms with van der Waals surface area (Å²) in [6, 6.07) is 2.38. The highest BCUT2D eigenvalue weighted by Gasteiger charge is 2.37. The molecule has 0 spiro atoms. The zero-order valence-electron chi connectivity index (χ0n) is 24.6. The molecule has 0 radical (unpaired) electrons. The highest BCUT2D eigenvalue weighted by atomic mass is 19.1. The first-order chi connectivity index (χ1) is 18.2. The highest BCUT2D eigenvalue weighted by molar-refractivity contribution is 5.91. The van der Waals surface area contributed by atoms with Crippen molar-refractivity contribution < 1.29 is 4.39 Å². The maximum atomic E-state index is 14.5. The molecule has 2 aliphatic rings. The third-order valence-electron chi connectivity index (χ3n) is 8.40. The number of pyridine rings is 1. The SMILES string of the molecule is C=C(/C=c1/cc(NC(=C)C2(CF)CCN(CC(C)C)CC2)nc/c1=C/C)C1=C(CC)C(C)C(CCC)N=C1. The Kier molecular flexibility index (Phi) is 10.7. The van der Waals surface area contributed by atoms with Gasteiger partial charge in [-0.15, -0.1) is 0 Å². The fraction of sp³-hybridized carbons (Fsp3) is 0.576. The number of aliphatic imine (C=N–C) groups is 1. The topological polar surface area (TPSA) is 40.5 Å². The van der Waals surface area contributed by atoms with Crippen molar-refractivity contribution in [1.82, 2.24) is 9.88 Å². The Bertz CT molecular complexity index is 1170. The van der Waals surface area contributed by atoms with E-state index in [9.17, 15) is 4.39 Å². The number of hydrogen-bond acceptors (Lipinski definition) is 4. The van der Waals surface area contributed by atoms with E-state index < -0.39 is 12.1 Å². The van der Waals surface area contributed by atoms with E-state index in [-0.39, 0.29) is 0 Å². The molecule has 1 N–H and O–H groups in total. The maximum Gasteiger partial charge on any atom is 0.130 e. The van der Waals surface area contributed by atoms with Crippen LogP contribution in [-0.2, 0) is 0 Å². The van der Waals surface area contributed by atoms with Crippen LogP contribution in [0, 0.1) is 17.3 Å². The number of aromatic nitrogens is 1. The van der Waals surface area contributed by atoms with Gasteiger partial charge in [0.25, 0.3) is 0 Å². The molecule has 3 heterocycles. The third-order valence-corrected chi connectivity index (χ3v) is 8.40. The number of rotatable bonds is 11. The Morgan fingerprint density at radius 3 is 2.53 bits per heavy atom. The van der Waals surface area contributed by atoms with Gasteiger partial charge in [0.1, 0.15) is 12.5 Å². The van der Waals surface area contributed by atoms with Crippen LogP contribution in [0.1, 0.15) is 73.6 Å². The Morgan fingerprint density at radius 2 is 1.95 bits per heavy atom. The van der Waals surface area contributed by atoms with E-state index in [0.29, 0.717) is 23.7 Å². The number of alkyl halides is 1. The summed E-state index contributed by atoms with van der Waals surface area (Å²) in [5.41, 5.74) is 3.71. The van der Waals surface area contributed by atoms with E-state index in [0.717, 1.165) is 79.0 Å². The molecular formula is C33H49FN4. The minimum atomic E-state index is -0.553. The van der Waals surface area contributed by atoms with Crippen molar-refractivity contribution in [2.24, 2.45) is 22.2 Å². The van der Waals surface area contributed by atoms with Gasteiger partial charge in [0.05, 0.1) is 6.04 Å². The number of nitrogens with one attached hydrogen (secondary N) is 1. The first-order valence-corrected chi connectivity index (χ1v) is 14.5. The van der Waals surface area contributed by atoms with Crippen LogP contribution in [0.4, 0.5) is 10.2 Å². The number of anilines is 1. The Balaban J connectivity index is 1.85. The maximum absolute atomic E-state index is 14.5. The van der Waals surface area contributed by atoms with Gasteiger partial charge in [0.2, 0.25) is 0 Å². The van der Waals surface area contributed by atoms with E-state index in [1.165, 1.54) is 5.57 Å². The molecule has 2 unspecified atom stereocenters. The lowest BCUT2D eigenvalue weighted by Gasteiger charge is -2.42. The first-order valence-electron chi connectivity index (χ1n) is 14.5. The summed E-state index contributed by atoms with van der Waals surface area (Å²) >= 11 is 0. The lowest BCUT2D eigenvalue weighted by Crippen LogP contribution is -2.44. The number of likely N-dealkylation sites (tertiary alicyclic amines) is 1. The molecule has 2 aliphatic heterocycles. The number of halogens is 1. The van der Waals surface area contributed by atoms with Gasteiger partial charge in [-0.05, 0) is 85.3 Å². The molecule has 5 heteroatoms. The number of allylic oxidation sites excluding steroid dienone is 3. The molecule has 1 fully saturated rings. The lowest BCUT2D eigenvalue weighted by molar-refractivity contribution is 0.0997. The van der Waals surface area contributed by atoms with Gasteiger partial charge < -0.3 is 10.2 Å². The lowest BCUT2D eigenvalue weighted by atomic mass is 9.77. The van der Waals surface area contributed by atoms with Crippen LogP contribution in [0.5, 0.6) is 0 Å². The third kappa shape index (κ3) is 6.91. The molecule has 2 atom stereocenters. The predicted molar refractivity (Wildman–Crippen MR) is 163 cm³/mol. The van der Waals surface area contributed by atoms with Gasteiger partial charge in [-0.1, -0.05) is 65.8 Å². The molecule has 1 saturated heterocycles. The highest BCUT2D eigenvalue weighted by Crippen LogP contribution is 2.39. The zero-order valence-corrected chi connectivity index (χ0v) is 24.6. The number of dihydropyridines is 1. The zero-order chi connectivity index (χ0) is 27.9. The summed E-state index contributed by atoms with van der Waals surface area (Å²) in [4.78, 5) is 12.0. The molecule has 1 aromatic heterocycles. The van der Waals surface area contributed by atoms with E-state index >= 15 is 0 Å². The summed E-state index contributed by atoms with van der Waals surface area (Å²) in [5, 5.41) is 5.45. The van der Waals surface area contributed by atoms with Crippen LogP contribution in [0.25, 0.3) is 12.2 Å². The molecule has 1 aromatic rings. The van der Waals surface area contributed by atoms with Crippen LogP contribution in [0.2, 0.25) is 0 Å². The Morgan fingerprint density at radius 1 is 1.24 bits per heavy atom. The molecule has 3 rings (SSSR count). The van der Waals surface area contributed by atoms with Crippen molar-refractivity contribution in [1.29, 1.82) is 0 Å². The number of hydrogen-bond donors (Lipinski definition) is 1. The summed E-state index contributed by atoms with van der Waals surface area (Å²) in [6.45, 7) is 24.4. The van der Waals surface area contributed by atoms with Gasteiger partial charge in [-0.25, -0.2) is 4.98 Å². The van der Waals surface area contributed by atoms with Crippen LogP contribution in [0.15, 0.2) is 52.8 Å². The molecule has 208 valence electrons. The fourth-order valence-corrected chi connectivity index (χ4v) is 5.95. The van der Waals surface area contributed by atoms with Crippen molar-refractivity contribution in [2.75, 3.05) is 31.6 Å². The average molecular weight is 521 g/mol. The predicted octanol–water partition coefficient (Wildman–Crippen LogP) is 6.45. The minimum Gasteiger partial charge on any atom is -0.344 e. The Hall–Kier alpha value is -2.53. The largest absolute Gasteiger partial charge is 0.344 e. The molecule has 0 amide bonds. The molecule has 4 nitrogen and oxygen atoms in total. The van der Waals surface area contributed by atoms with Crippen LogP contribution in [0.3, 0.4) is 0 Å². The second kappa shape index (κ2) is 13.5. The number of nitrogens with zero attached hydrogens (tertiary/aromatic N) is 3. The van der Waals surface area contributed by atoms with Crippen LogP contribution >= 0.6 is 0 Å². The fourth-order valence-electron chi connectivity index (χ4n) is 5.95.